The summed E-state index contributed by atoms with van der Waals surface area (Å²) < 4.78 is 67.2. The van der Waals surface area contributed by atoms with Crippen LogP contribution in [-0.4, -0.2) is 21.1 Å². The number of rotatable bonds is 4. The van der Waals surface area contributed by atoms with Crippen molar-refractivity contribution in [1.82, 2.24) is 9.78 Å². The molecule has 0 unspecified atom stereocenters. The third-order valence-electron chi connectivity index (χ3n) is 4.58. The fraction of sp³-hybridized carbons (Fsp3) is 0.348. The molecule has 0 spiro atoms. The maximum absolute atomic E-state index is 14.2. The zero-order valence-corrected chi connectivity index (χ0v) is 17.4. The zero-order chi connectivity index (χ0) is 23.0. The molecule has 31 heavy (non-hydrogen) atoms. The van der Waals surface area contributed by atoms with Gasteiger partial charge in [0.05, 0.1) is 11.3 Å². The van der Waals surface area contributed by atoms with Crippen molar-refractivity contribution in [3.05, 3.63) is 77.2 Å². The van der Waals surface area contributed by atoms with Crippen molar-refractivity contribution in [3.63, 3.8) is 0 Å². The van der Waals surface area contributed by atoms with Crippen LogP contribution in [0, 0.1) is 5.82 Å². The van der Waals surface area contributed by atoms with Gasteiger partial charge in [0.15, 0.2) is 0 Å². The monoisotopic (exact) mass is 440 g/mol. The quantitative estimate of drug-likeness (QED) is 0.415. The van der Waals surface area contributed by atoms with Crippen LogP contribution in [0.15, 0.2) is 60.0 Å². The summed E-state index contributed by atoms with van der Waals surface area (Å²) in [6.07, 6.45) is 1.57. The lowest BCUT2D eigenvalue weighted by Gasteiger charge is -2.12. The van der Waals surface area contributed by atoms with Crippen LogP contribution in [0.2, 0.25) is 0 Å². The molecule has 1 aromatic heterocycles. The fourth-order valence-electron chi connectivity index (χ4n) is 3.04. The summed E-state index contributed by atoms with van der Waals surface area (Å²) >= 11 is 0. The number of allylic oxidation sites excluding steroid dienone is 6. The van der Waals surface area contributed by atoms with Crippen molar-refractivity contribution < 1.29 is 27.1 Å². The number of hydrogen-bond donors (Lipinski definition) is 1. The Kier molecular flexibility index (Phi) is 8.59. The molecule has 0 atom stereocenters. The van der Waals surface area contributed by atoms with Gasteiger partial charge in [-0.1, -0.05) is 19.1 Å². The zero-order valence-electron chi connectivity index (χ0n) is 17.4. The van der Waals surface area contributed by atoms with Gasteiger partial charge in [0.25, 0.3) is 0 Å². The average Bonchev–Trinajstić information content (AvgIpc) is 3.16. The topological polar surface area (TPSA) is 38.0 Å². The van der Waals surface area contributed by atoms with Crippen molar-refractivity contribution in [3.8, 4) is 5.75 Å². The Balaban J connectivity index is 0.000000357. The summed E-state index contributed by atoms with van der Waals surface area (Å²) in [5, 5.41) is 12.9. The summed E-state index contributed by atoms with van der Waals surface area (Å²) in [7, 11) is 0. The lowest BCUT2D eigenvalue weighted by Crippen LogP contribution is -2.11. The SMILES string of the molecule is C\C=C(F)/C(=C\C(=C\CC)C(F)(F)F)c1cc2n(n1)CCCC2.Oc1ccc(F)cc1. The Morgan fingerprint density at radius 3 is 2.39 bits per heavy atom. The number of fused-ring (bicyclic) bond motifs is 1. The van der Waals surface area contributed by atoms with E-state index in [9.17, 15) is 22.0 Å². The Bertz CT molecular complexity index is 909. The molecule has 0 aliphatic carbocycles. The minimum atomic E-state index is -4.52. The molecule has 0 bridgehead atoms. The molecule has 1 aliphatic rings. The molecule has 1 aliphatic heterocycles. The van der Waals surface area contributed by atoms with E-state index >= 15 is 0 Å². The Hall–Kier alpha value is -2.90. The van der Waals surface area contributed by atoms with Crippen molar-refractivity contribution >= 4 is 5.57 Å². The second kappa shape index (κ2) is 10.9. The molecule has 0 amide bonds. The maximum atomic E-state index is 14.2. The van der Waals surface area contributed by atoms with Gasteiger partial charge in [-0.3, -0.25) is 4.68 Å². The first-order valence-electron chi connectivity index (χ1n) is 9.98. The number of aryl methyl sites for hydroxylation is 2. The Labute approximate surface area is 178 Å². The van der Waals surface area contributed by atoms with Gasteiger partial charge in [0.1, 0.15) is 17.4 Å². The van der Waals surface area contributed by atoms with E-state index in [4.69, 9.17) is 5.11 Å². The van der Waals surface area contributed by atoms with Crippen molar-refractivity contribution in [2.75, 3.05) is 0 Å². The summed E-state index contributed by atoms with van der Waals surface area (Å²) in [5.74, 6) is -0.944. The van der Waals surface area contributed by atoms with Crippen LogP contribution in [0.1, 0.15) is 44.5 Å². The average molecular weight is 440 g/mol. The van der Waals surface area contributed by atoms with Crippen LogP contribution in [0.3, 0.4) is 0 Å². The molecule has 1 aromatic carbocycles. The third kappa shape index (κ3) is 7.08. The van der Waals surface area contributed by atoms with E-state index in [1.807, 2.05) is 0 Å². The van der Waals surface area contributed by atoms with Gasteiger partial charge in [-0.2, -0.15) is 18.3 Å². The second-order valence-corrected chi connectivity index (χ2v) is 6.94. The van der Waals surface area contributed by atoms with E-state index in [1.54, 1.807) is 17.7 Å². The number of hydrogen-bond acceptors (Lipinski definition) is 2. The van der Waals surface area contributed by atoms with Crippen molar-refractivity contribution in [1.29, 1.82) is 0 Å². The number of alkyl halides is 3. The maximum Gasteiger partial charge on any atom is 0.416 e. The molecule has 0 radical (unpaired) electrons. The Morgan fingerprint density at radius 1 is 1.19 bits per heavy atom. The molecule has 2 aromatic rings. The summed E-state index contributed by atoms with van der Waals surface area (Å²) in [6.45, 7) is 3.79. The van der Waals surface area contributed by atoms with E-state index in [0.29, 0.717) is 0 Å². The number of aromatic hydroxyl groups is 1. The molecule has 3 nitrogen and oxygen atoms in total. The van der Waals surface area contributed by atoms with Crippen LogP contribution in [0.25, 0.3) is 5.57 Å². The van der Waals surface area contributed by atoms with Crippen LogP contribution in [0.4, 0.5) is 22.0 Å². The molecule has 2 heterocycles. The van der Waals surface area contributed by atoms with E-state index in [2.05, 4.69) is 5.10 Å². The first-order valence-corrected chi connectivity index (χ1v) is 9.98. The first kappa shape index (κ1) is 24.4. The smallest absolute Gasteiger partial charge is 0.416 e. The number of phenols is 1. The van der Waals surface area contributed by atoms with Crippen LogP contribution < -0.4 is 0 Å². The van der Waals surface area contributed by atoms with Gasteiger partial charge < -0.3 is 5.11 Å². The highest BCUT2D eigenvalue weighted by molar-refractivity contribution is 5.77. The standard InChI is InChI=1S/C17H20F4N2.C6H5FO/c1-3-7-12(17(19,20)21)10-14(15(18)4-2)16-11-13-8-5-6-9-23(13)22-16;7-5-1-3-6(8)4-2-5/h4,7,10-11H,3,5-6,8-9H2,1-2H3;1-4,8H/b12-7-,14-10+,15-4+;. The molecular formula is C23H25F5N2O. The second-order valence-electron chi connectivity index (χ2n) is 6.94. The Morgan fingerprint density at radius 2 is 1.87 bits per heavy atom. The van der Waals surface area contributed by atoms with Gasteiger partial charge in [-0.15, -0.1) is 0 Å². The van der Waals surface area contributed by atoms with Gasteiger partial charge in [0.2, 0.25) is 0 Å². The molecular weight excluding hydrogens is 415 g/mol. The van der Waals surface area contributed by atoms with E-state index < -0.39 is 17.6 Å². The highest BCUT2D eigenvalue weighted by Gasteiger charge is 2.32. The van der Waals surface area contributed by atoms with Crippen molar-refractivity contribution in [2.24, 2.45) is 0 Å². The fourth-order valence-corrected chi connectivity index (χ4v) is 3.04. The number of halogens is 5. The number of nitrogens with zero attached hydrogens (tertiary/aromatic N) is 2. The normalized spacial score (nSPS) is 15.3. The lowest BCUT2D eigenvalue weighted by atomic mass is 10.0. The minimum absolute atomic E-state index is 0.0893. The van der Waals surface area contributed by atoms with Gasteiger partial charge in [0, 0.05) is 17.8 Å². The van der Waals surface area contributed by atoms with E-state index in [1.165, 1.54) is 31.2 Å². The predicted octanol–water partition coefficient (Wildman–Crippen LogP) is 6.91. The van der Waals surface area contributed by atoms with Crippen LogP contribution in [0.5, 0.6) is 5.75 Å². The van der Waals surface area contributed by atoms with E-state index in [0.717, 1.165) is 49.7 Å². The summed E-state index contributed by atoms with van der Waals surface area (Å²) in [6, 6.07) is 6.70. The first-order chi connectivity index (χ1) is 14.7. The molecule has 0 saturated carbocycles. The highest BCUT2D eigenvalue weighted by Crippen LogP contribution is 2.33. The molecule has 0 fully saturated rings. The van der Waals surface area contributed by atoms with E-state index in [-0.39, 0.29) is 29.3 Å². The molecule has 8 heteroatoms. The molecule has 3 rings (SSSR count). The van der Waals surface area contributed by atoms with Crippen LogP contribution in [-0.2, 0) is 13.0 Å². The number of phenolic OH excluding ortho intramolecular Hbond substituents is 1. The molecule has 0 saturated heterocycles. The largest absolute Gasteiger partial charge is 0.508 e. The molecule has 1 N–H and O–H groups in total. The number of aromatic nitrogens is 2. The van der Waals surface area contributed by atoms with Gasteiger partial charge >= 0.3 is 6.18 Å². The summed E-state index contributed by atoms with van der Waals surface area (Å²) in [4.78, 5) is 0. The molecule has 168 valence electrons. The summed E-state index contributed by atoms with van der Waals surface area (Å²) in [5.41, 5.74) is 0.224. The van der Waals surface area contributed by atoms with Crippen LogP contribution >= 0.6 is 0 Å². The number of benzene rings is 1. The lowest BCUT2D eigenvalue weighted by molar-refractivity contribution is -0.0883. The third-order valence-corrected chi connectivity index (χ3v) is 4.58. The van der Waals surface area contributed by atoms with Gasteiger partial charge in [-0.25, -0.2) is 8.78 Å². The van der Waals surface area contributed by atoms with Crippen molar-refractivity contribution in [2.45, 2.75) is 52.3 Å². The minimum Gasteiger partial charge on any atom is -0.508 e. The van der Waals surface area contributed by atoms with Gasteiger partial charge in [-0.05, 0) is 69.0 Å². The highest BCUT2D eigenvalue weighted by atomic mass is 19.4. The predicted molar refractivity (Wildman–Crippen MR) is 111 cm³/mol.